The van der Waals surface area contributed by atoms with Gasteiger partial charge in [0.25, 0.3) is 5.69 Å². The molecule has 2 aromatic carbocycles. The molecule has 0 aliphatic rings. The molecule has 138 valence electrons. The molecule has 9 nitrogen and oxygen atoms in total. The molecule has 0 radical (unpaired) electrons. The molecule has 2 rings (SSSR count). The van der Waals surface area contributed by atoms with Crippen LogP contribution in [0.3, 0.4) is 0 Å². The number of para-hydroxylation sites is 1. The molecule has 10 heteroatoms. The second-order valence-corrected chi connectivity index (χ2v) is 6.36. The minimum Gasteiger partial charge on any atom is -0.497 e. The van der Waals surface area contributed by atoms with Crippen LogP contribution < -0.4 is 8.92 Å². The standard InChI is InChI=1S/C16H15NO8S/c1-3-24-16(18)12-6-4-5-7-14(12)25-26(21,22)15-9-8-11(23-2)10-13(15)17(19)20/h4-10H,3H2,1-2H3. The molecule has 0 N–H and O–H groups in total. The fraction of sp³-hybridized carbons (Fsp3) is 0.188. The van der Waals surface area contributed by atoms with Crippen LogP contribution in [0.2, 0.25) is 0 Å². The van der Waals surface area contributed by atoms with Gasteiger partial charge in [0.05, 0.1) is 24.7 Å². The number of ether oxygens (including phenoxy) is 2. The molecule has 0 atom stereocenters. The van der Waals surface area contributed by atoms with Crippen molar-refractivity contribution in [3.63, 3.8) is 0 Å². The Morgan fingerprint density at radius 1 is 1.19 bits per heavy atom. The minimum absolute atomic E-state index is 0.0872. The fourth-order valence-electron chi connectivity index (χ4n) is 2.06. The lowest BCUT2D eigenvalue weighted by molar-refractivity contribution is -0.388. The Kier molecular flexibility index (Phi) is 5.78. The van der Waals surface area contributed by atoms with Gasteiger partial charge in [0.15, 0.2) is 10.6 Å². The molecular weight excluding hydrogens is 366 g/mol. The highest BCUT2D eigenvalue weighted by atomic mass is 32.2. The van der Waals surface area contributed by atoms with Gasteiger partial charge in [-0.3, -0.25) is 10.1 Å². The van der Waals surface area contributed by atoms with E-state index in [1.54, 1.807) is 6.92 Å². The van der Waals surface area contributed by atoms with Crippen molar-refractivity contribution in [2.75, 3.05) is 13.7 Å². The molecule has 0 aliphatic carbocycles. The highest BCUT2D eigenvalue weighted by Gasteiger charge is 2.30. The summed E-state index contributed by atoms with van der Waals surface area (Å²) in [4.78, 5) is 21.6. The predicted octanol–water partition coefficient (Wildman–Crippen LogP) is 2.55. The molecule has 0 bridgehead atoms. The van der Waals surface area contributed by atoms with Crippen molar-refractivity contribution in [2.24, 2.45) is 0 Å². The number of hydrogen-bond acceptors (Lipinski definition) is 8. The minimum atomic E-state index is -4.59. The third kappa shape index (κ3) is 4.09. The summed E-state index contributed by atoms with van der Waals surface area (Å²) in [6.07, 6.45) is 0. The maximum Gasteiger partial charge on any atom is 0.346 e. The van der Waals surface area contributed by atoms with Crippen molar-refractivity contribution in [3.05, 3.63) is 58.1 Å². The molecule has 0 unspecified atom stereocenters. The van der Waals surface area contributed by atoms with Gasteiger partial charge in [0, 0.05) is 0 Å². The fourth-order valence-corrected chi connectivity index (χ4v) is 3.15. The van der Waals surface area contributed by atoms with Crippen LogP contribution in [-0.2, 0) is 14.9 Å². The summed E-state index contributed by atoms with van der Waals surface area (Å²) < 4.78 is 39.8. The summed E-state index contributed by atoms with van der Waals surface area (Å²) in [5.41, 5.74) is -0.827. The van der Waals surface area contributed by atoms with Gasteiger partial charge in [-0.25, -0.2) is 4.79 Å². The number of carbonyl (C=O) groups is 1. The Morgan fingerprint density at radius 2 is 1.88 bits per heavy atom. The zero-order valence-electron chi connectivity index (χ0n) is 13.9. The summed E-state index contributed by atoms with van der Waals surface area (Å²) in [6, 6.07) is 8.75. The van der Waals surface area contributed by atoms with Crippen molar-refractivity contribution >= 4 is 21.8 Å². The molecule has 0 fully saturated rings. The van der Waals surface area contributed by atoms with E-state index in [1.165, 1.54) is 37.4 Å². The van der Waals surface area contributed by atoms with Gasteiger partial charge in [-0.1, -0.05) is 12.1 Å². The van der Waals surface area contributed by atoms with Crippen LogP contribution in [0.5, 0.6) is 11.5 Å². The maximum atomic E-state index is 12.5. The lowest BCUT2D eigenvalue weighted by Gasteiger charge is -2.11. The van der Waals surface area contributed by atoms with Crippen LogP contribution >= 0.6 is 0 Å². The number of nitro benzene ring substituents is 1. The van der Waals surface area contributed by atoms with Crippen LogP contribution in [0.1, 0.15) is 17.3 Å². The molecule has 0 aliphatic heterocycles. The van der Waals surface area contributed by atoms with E-state index in [-0.39, 0.29) is 23.7 Å². The lowest BCUT2D eigenvalue weighted by atomic mass is 10.2. The Bertz CT molecular complexity index is 939. The van der Waals surface area contributed by atoms with Crippen molar-refractivity contribution < 1.29 is 31.8 Å². The van der Waals surface area contributed by atoms with E-state index in [4.69, 9.17) is 13.7 Å². The molecular formula is C16H15NO8S. The van der Waals surface area contributed by atoms with E-state index >= 15 is 0 Å². The summed E-state index contributed by atoms with van der Waals surface area (Å²) in [6.45, 7) is 1.68. The smallest absolute Gasteiger partial charge is 0.346 e. The van der Waals surface area contributed by atoms with Gasteiger partial charge in [0.2, 0.25) is 0 Å². The van der Waals surface area contributed by atoms with Crippen LogP contribution in [0.4, 0.5) is 5.69 Å². The third-order valence-corrected chi connectivity index (χ3v) is 4.50. The highest BCUT2D eigenvalue weighted by Crippen LogP contribution is 2.31. The van der Waals surface area contributed by atoms with E-state index in [9.17, 15) is 23.3 Å². The largest absolute Gasteiger partial charge is 0.497 e. The van der Waals surface area contributed by atoms with Crippen molar-refractivity contribution in [3.8, 4) is 11.5 Å². The second kappa shape index (κ2) is 7.83. The molecule has 26 heavy (non-hydrogen) atoms. The first-order valence-electron chi connectivity index (χ1n) is 7.33. The Hall–Kier alpha value is -3.14. The number of carbonyl (C=O) groups excluding carboxylic acids is 1. The molecule has 0 saturated heterocycles. The average molecular weight is 381 g/mol. The maximum absolute atomic E-state index is 12.5. The number of benzene rings is 2. The van der Waals surface area contributed by atoms with Crippen LogP contribution in [0.15, 0.2) is 47.4 Å². The van der Waals surface area contributed by atoms with Crippen molar-refractivity contribution in [2.45, 2.75) is 11.8 Å². The monoisotopic (exact) mass is 381 g/mol. The molecule has 0 spiro atoms. The molecule has 0 aromatic heterocycles. The second-order valence-electron chi connectivity index (χ2n) is 4.84. The molecule has 2 aromatic rings. The Labute approximate surface area is 149 Å². The van der Waals surface area contributed by atoms with Crippen LogP contribution in [0, 0.1) is 10.1 Å². The van der Waals surface area contributed by atoms with Crippen LogP contribution in [-0.4, -0.2) is 33.0 Å². The van der Waals surface area contributed by atoms with Crippen molar-refractivity contribution in [1.29, 1.82) is 0 Å². The molecule has 0 saturated carbocycles. The van der Waals surface area contributed by atoms with E-state index in [0.29, 0.717) is 0 Å². The van der Waals surface area contributed by atoms with Gasteiger partial charge in [-0.15, -0.1) is 0 Å². The number of nitrogens with zero attached hydrogens (tertiary/aromatic N) is 1. The number of hydrogen-bond donors (Lipinski definition) is 0. The zero-order valence-corrected chi connectivity index (χ0v) is 14.7. The summed E-state index contributed by atoms with van der Waals surface area (Å²) in [5, 5.41) is 11.2. The first-order valence-corrected chi connectivity index (χ1v) is 8.74. The Balaban J connectivity index is 2.48. The van der Waals surface area contributed by atoms with Gasteiger partial charge >= 0.3 is 16.1 Å². The number of nitro groups is 1. The normalized spacial score (nSPS) is 10.8. The van der Waals surface area contributed by atoms with Crippen molar-refractivity contribution in [1.82, 2.24) is 0 Å². The SMILES string of the molecule is CCOC(=O)c1ccccc1OS(=O)(=O)c1ccc(OC)cc1[N+](=O)[O-]. The average Bonchev–Trinajstić information content (AvgIpc) is 2.61. The summed E-state index contributed by atoms with van der Waals surface area (Å²) >= 11 is 0. The van der Waals surface area contributed by atoms with E-state index < -0.39 is 31.6 Å². The highest BCUT2D eigenvalue weighted by molar-refractivity contribution is 7.87. The van der Waals surface area contributed by atoms with E-state index in [1.807, 2.05) is 0 Å². The lowest BCUT2D eigenvalue weighted by Crippen LogP contribution is -2.15. The predicted molar refractivity (Wildman–Crippen MR) is 89.9 cm³/mol. The van der Waals surface area contributed by atoms with Gasteiger partial charge < -0.3 is 13.7 Å². The molecule has 0 amide bonds. The topological polar surface area (TPSA) is 122 Å². The quantitative estimate of drug-likeness (QED) is 0.310. The number of esters is 1. The van der Waals surface area contributed by atoms with E-state index in [2.05, 4.69) is 0 Å². The zero-order chi connectivity index (χ0) is 19.3. The third-order valence-electron chi connectivity index (χ3n) is 3.21. The van der Waals surface area contributed by atoms with Gasteiger partial charge in [-0.2, -0.15) is 8.42 Å². The van der Waals surface area contributed by atoms with Crippen LogP contribution in [0.25, 0.3) is 0 Å². The number of rotatable bonds is 7. The first-order chi connectivity index (χ1) is 12.3. The molecule has 0 heterocycles. The van der Waals surface area contributed by atoms with E-state index in [0.717, 1.165) is 12.1 Å². The van der Waals surface area contributed by atoms with Gasteiger partial charge in [-0.05, 0) is 31.2 Å². The van der Waals surface area contributed by atoms with Gasteiger partial charge in [0.1, 0.15) is 11.3 Å². The number of methoxy groups -OCH3 is 1. The summed E-state index contributed by atoms with van der Waals surface area (Å²) in [5.74, 6) is -0.957. The summed E-state index contributed by atoms with van der Waals surface area (Å²) in [7, 11) is -3.30. The Morgan fingerprint density at radius 3 is 2.50 bits per heavy atom. The first kappa shape index (κ1) is 19.2.